The summed E-state index contributed by atoms with van der Waals surface area (Å²) in [6.07, 6.45) is 5.58. The number of pyridine rings is 1. The second-order valence-corrected chi connectivity index (χ2v) is 7.43. The van der Waals surface area contributed by atoms with E-state index in [1.54, 1.807) is 12.3 Å². The van der Waals surface area contributed by atoms with Gasteiger partial charge in [0, 0.05) is 25.2 Å². The molecule has 1 aromatic heterocycles. The average Bonchev–Trinajstić information content (AvgIpc) is 2.71. The standard InChI is InChI=1S/C22H26FN3O2/c1-15(27)25-14-16-8-10-17(11-9-16)21(20-7-2-3-12-24-20)26-22(28)18-5-4-6-19(23)13-18/h2-7,12-13,16-17,21H,8-11,14H2,1H3,(H,25,27)(H,26,28)/t16?,17?,21-/m0/s1. The van der Waals surface area contributed by atoms with Gasteiger partial charge in [-0.05, 0) is 67.9 Å². The number of carbonyl (C=O) groups is 2. The van der Waals surface area contributed by atoms with Gasteiger partial charge >= 0.3 is 0 Å². The van der Waals surface area contributed by atoms with E-state index >= 15 is 0 Å². The van der Waals surface area contributed by atoms with Crippen LogP contribution in [0.5, 0.6) is 0 Å². The van der Waals surface area contributed by atoms with Gasteiger partial charge in [-0.2, -0.15) is 0 Å². The van der Waals surface area contributed by atoms with Crippen molar-refractivity contribution in [2.24, 2.45) is 11.8 Å². The van der Waals surface area contributed by atoms with Crippen molar-refractivity contribution in [3.8, 4) is 0 Å². The lowest BCUT2D eigenvalue weighted by atomic mass is 9.77. The first-order valence-corrected chi connectivity index (χ1v) is 9.74. The van der Waals surface area contributed by atoms with Crippen LogP contribution < -0.4 is 10.6 Å². The van der Waals surface area contributed by atoms with Crippen LogP contribution in [0.15, 0.2) is 48.7 Å². The summed E-state index contributed by atoms with van der Waals surface area (Å²) in [5.41, 5.74) is 1.12. The Kier molecular flexibility index (Phi) is 6.74. The lowest BCUT2D eigenvalue weighted by Crippen LogP contribution is -2.37. The van der Waals surface area contributed by atoms with Crippen LogP contribution in [0.1, 0.15) is 54.7 Å². The highest BCUT2D eigenvalue weighted by molar-refractivity contribution is 5.94. The first-order valence-electron chi connectivity index (χ1n) is 9.74. The number of halogens is 1. The van der Waals surface area contributed by atoms with Gasteiger partial charge in [0.2, 0.25) is 5.91 Å². The molecule has 2 aromatic rings. The number of nitrogens with zero attached hydrogens (tertiary/aromatic N) is 1. The molecule has 0 unspecified atom stereocenters. The molecule has 0 spiro atoms. The second kappa shape index (κ2) is 9.44. The summed E-state index contributed by atoms with van der Waals surface area (Å²) in [6.45, 7) is 2.23. The molecule has 6 heteroatoms. The molecule has 1 saturated carbocycles. The van der Waals surface area contributed by atoms with Gasteiger partial charge in [0.15, 0.2) is 0 Å². The largest absolute Gasteiger partial charge is 0.356 e. The van der Waals surface area contributed by atoms with Gasteiger partial charge < -0.3 is 10.6 Å². The fraction of sp³-hybridized carbons (Fsp3) is 0.409. The van der Waals surface area contributed by atoms with Crippen molar-refractivity contribution in [2.45, 2.75) is 38.6 Å². The highest BCUT2D eigenvalue weighted by Crippen LogP contribution is 2.36. The van der Waals surface area contributed by atoms with E-state index in [1.807, 2.05) is 18.2 Å². The minimum Gasteiger partial charge on any atom is -0.356 e. The van der Waals surface area contributed by atoms with E-state index in [-0.39, 0.29) is 23.8 Å². The minimum absolute atomic E-state index is 0.00385. The zero-order chi connectivity index (χ0) is 19.9. The third-order valence-corrected chi connectivity index (χ3v) is 5.38. The highest BCUT2D eigenvalue weighted by atomic mass is 19.1. The molecule has 2 N–H and O–H groups in total. The molecule has 1 heterocycles. The number of rotatable bonds is 6. The van der Waals surface area contributed by atoms with Crippen LogP contribution in [-0.4, -0.2) is 23.3 Å². The summed E-state index contributed by atoms with van der Waals surface area (Å²) < 4.78 is 13.5. The predicted molar refractivity (Wildman–Crippen MR) is 105 cm³/mol. The molecule has 1 aromatic carbocycles. The Labute approximate surface area is 164 Å². The molecule has 1 fully saturated rings. The number of benzene rings is 1. The maximum atomic E-state index is 13.5. The van der Waals surface area contributed by atoms with Crippen LogP contribution >= 0.6 is 0 Å². The van der Waals surface area contributed by atoms with E-state index < -0.39 is 5.82 Å². The van der Waals surface area contributed by atoms with Crippen LogP contribution in [0.3, 0.4) is 0 Å². The van der Waals surface area contributed by atoms with E-state index in [1.165, 1.54) is 25.1 Å². The Bertz CT molecular complexity index is 804. The number of nitrogens with one attached hydrogen (secondary N) is 2. The maximum Gasteiger partial charge on any atom is 0.251 e. The van der Waals surface area contributed by atoms with E-state index in [0.717, 1.165) is 31.4 Å². The van der Waals surface area contributed by atoms with Crippen LogP contribution in [0, 0.1) is 17.7 Å². The van der Waals surface area contributed by atoms with E-state index in [9.17, 15) is 14.0 Å². The zero-order valence-electron chi connectivity index (χ0n) is 16.0. The van der Waals surface area contributed by atoms with Crippen molar-refractivity contribution in [2.75, 3.05) is 6.54 Å². The number of hydrogen-bond acceptors (Lipinski definition) is 3. The molecule has 2 amide bonds. The fourth-order valence-electron chi connectivity index (χ4n) is 3.86. The van der Waals surface area contributed by atoms with E-state index in [0.29, 0.717) is 18.0 Å². The Morgan fingerprint density at radius 3 is 2.57 bits per heavy atom. The fourth-order valence-corrected chi connectivity index (χ4v) is 3.86. The molecule has 1 aliphatic carbocycles. The van der Waals surface area contributed by atoms with E-state index in [4.69, 9.17) is 0 Å². The van der Waals surface area contributed by atoms with Gasteiger partial charge in [-0.3, -0.25) is 14.6 Å². The van der Waals surface area contributed by atoms with Crippen LogP contribution in [0.4, 0.5) is 4.39 Å². The molecule has 3 rings (SSSR count). The summed E-state index contributed by atoms with van der Waals surface area (Å²) in [4.78, 5) is 28.3. The SMILES string of the molecule is CC(=O)NCC1CCC([C@H](NC(=O)c2cccc(F)c2)c2ccccn2)CC1. The predicted octanol–water partition coefficient (Wildman–Crippen LogP) is 3.63. The molecule has 0 saturated heterocycles. The first kappa shape index (κ1) is 20.0. The van der Waals surface area contributed by atoms with Crippen LogP contribution in [0.2, 0.25) is 0 Å². The van der Waals surface area contributed by atoms with Crippen molar-refractivity contribution in [3.63, 3.8) is 0 Å². The maximum absolute atomic E-state index is 13.5. The lowest BCUT2D eigenvalue weighted by Gasteiger charge is -2.34. The molecule has 1 atom stereocenters. The molecule has 28 heavy (non-hydrogen) atoms. The lowest BCUT2D eigenvalue weighted by molar-refractivity contribution is -0.119. The third kappa shape index (κ3) is 5.38. The molecule has 148 valence electrons. The summed E-state index contributed by atoms with van der Waals surface area (Å²) in [6, 6.07) is 11.2. The van der Waals surface area contributed by atoms with Gasteiger partial charge in [-0.1, -0.05) is 12.1 Å². The zero-order valence-corrected chi connectivity index (χ0v) is 16.0. The van der Waals surface area contributed by atoms with Crippen LogP contribution in [-0.2, 0) is 4.79 Å². The van der Waals surface area contributed by atoms with Crippen LogP contribution in [0.25, 0.3) is 0 Å². The Hall–Kier alpha value is -2.76. The van der Waals surface area contributed by atoms with Crippen molar-refractivity contribution in [1.29, 1.82) is 0 Å². The van der Waals surface area contributed by atoms with E-state index in [2.05, 4.69) is 15.6 Å². The smallest absolute Gasteiger partial charge is 0.251 e. The average molecular weight is 383 g/mol. The molecule has 5 nitrogen and oxygen atoms in total. The topological polar surface area (TPSA) is 71.1 Å². The summed E-state index contributed by atoms with van der Waals surface area (Å²) in [5.74, 6) is -0.0173. The molecule has 0 radical (unpaired) electrons. The molecular weight excluding hydrogens is 357 g/mol. The van der Waals surface area contributed by atoms with Gasteiger partial charge in [0.05, 0.1) is 11.7 Å². The number of amides is 2. The Morgan fingerprint density at radius 1 is 1.14 bits per heavy atom. The minimum atomic E-state index is -0.430. The van der Waals surface area contributed by atoms with Gasteiger partial charge in [0.1, 0.15) is 5.82 Å². The van der Waals surface area contributed by atoms with Crippen molar-refractivity contribution in [3.05, 3.63) is 65.7 Å². The van der Waals surface area contributed by atoms with Crippen molar-refractivity contribution in [1.82, 2.24) is 15.6 Å². The first-order chi connectivity index (χ1) is 13.5. The normalized spacial score (nSPS) is 20.2. The molecular formula is C22H26FN3O2. The molecule has 0 bridgehead atoms. The number of aromatic nitrogens is 1. The molecule has 1 aliphatic rings. The summed E-state index contributed by atoms with van der Waals surface area (Å²) in [5, 5.41) is 5.97. The van der Waals surface area contributed by atoms with Crippen molar-refractivity contribution < 1.29 is 14.0 Å². The number of carbonyl (C=O) groups excluding carboxylic acids is 2. The second-order valence-electron chi connectivity index (χ2n) is 7.43. The van der Waals surface area contributed by atoms with Crippen molar-refractivity contribution >= 4 is 11.8 Å². The van der Waals surface area contributed by atoms with Gasteiger partial charge in [-0.15, -0.1) is 0 Å². The Morgan fingerprint density at radius 2 is 1.93 bits per heavy atom. The molecule has 0 aliphatic heterocycles. The summed E-state index contributed by atoms with van der Waals surface area (Å²) in [7, 11) is 0. The Balaban J connectivity index is 1.70. The number of hydrogen-bond donors (Lipinski definition) is 2. The van der Waals surface area contributed by atoms with Gasteiger partial charge in [0.25, 0.3) is 5.91 Å². The van der Waals surface area contributed by atoms with Gasteiger partial charge in [-0.25, -0.2) is 4.39 Å². The highest BCUT2D eigenvalue weighted by Gasteiger charge is 2.30. The third-order valence-electron chi connectivity index (χ3n) is 5.38. The quantitative estimate of drug-likeness (QED) is 0.800. The monoisotopic (exact) mass is 383 g/mol. The summed E-state index contributed by atoms with van der Waals surface area (Å²) >= 11 is 0.